The fraction of sp³-hybridized carbons (Fsp3) is 0.316. The van der Waals surface area contributed by atoms with Gasteiger partial charge in [-0.2, -0.15) is 0 Å². The number of nitrogens with zero attached hydrogens (tertiary/aromatic N) is 2. The minimum Gasteiger partial charge on any atom is -0.339 e. The molecule has 0 aliphatic heterocycles. The SMILES string of the molecule is CCCN(CCC)C(=O)c1ccnc(C(=O)Nc2ccccc2)c1. The Morgan fingerprint density at radius 2 is 1.71 bits per heavy atom. The van der Waals surface area contributed by atoms with Gasteiger partial charge in [-0.1, -0.05) is 32.0 Å². The van der Waals surface area contributed by atoms with Gasteiger partial charge in [-0.3, -0.25) is 14.6 Å². The molecule has 0 unspecified atom stereocenters. The van der Waals surface area contributed by atoms with Crippen LogP contribution in [0.4, 0.5) is 5.69 Å². The van der Waals surface area contributed by atoms with Gasteiger partial charge >= 0.3 is 0 Å². The smallest absolute Gasteiger partial charge is 0.274 e. The van der Waals surface area contributed by atoms with Crippen LogP contribution in [-0.4, -0.2) is 34.8 Å². The number of aromatic nitrogens is 1. The monoisotopic (exact) mass is 325 g/mol. The molecule has 0 atom stereocenters. The maximum Gasteiger partial charge on any atom is 0.274 e. The van der Waals surface area contributed by atoms with Crippen molar-refractivity contribution in [2.45, 2.75) is 26.7 Å². The summed E-state index contributed by atoms with van der Waals surface area (Å²) >= 11 is 0. The highest BCUT2D eigenvalue weighted by Gasteiger charge is 2.16. The third-order valence-electron chi connectivity index (χ3n) is 3.55. The van der Waals surface area contributed by atoms with Gasteiger partial charge < -0.3 is 10.2 Å². The fourth-order valence-electron chi connectivity index (χ4n) is 2.44. The van der Waals surface area contributed by atoms with E-state index < -0.39 is 0 Å². The Hall–Kier alpha value is -2.69. The maximum absolute atomic E-state index is 12.6. The van der Waals surface area contributed by atoms with Gasteiger partial charge in [0.1, 0.15) is 5.69 Å². The van der Waals surface area contributed by atoms with E-state index >= 15 is 0 Å². The second-order valence-corrected chi connectivity index (χ2v) is 5.54. The van der Waals surface area contributed by atoms with Crippen LogP contribution in [0.15, 0.2) is 48.7 Å². The van der Waals surface area contributed by atoms with E-state index in [-0.39, 0.29) is 17.5 Å². The number of hydrogen-bond acceptors (Lipinski definition) is 3. The lowest BCUT2D eigenvalue weighted by molar-refractivity contribution is 0.0755. The molecular formula is C19H23N3O2. The number of benzene rings is 1. The van der Waals surface area contributed by atoms with Crippen molar-refractivity contribution in [3.63, 3.8) is 0 Å². The van der Waals surface area contributed by atoms with Crippen molar-refractivity contribution >= 4 is 17.5 Å². The summed E-state index contributed by atoms with van der Waals surface area (Å²) in [5.74, 6) is -0.386. The highest BCUT2D eigenvalue weighted by atomic mass is 16.2. The minimum absolute atomic E-state index is 0.0603. The lowest BCUT2D eigenvalue weighted by Gasteiger charge is -2.21. The molecule has 0 aliphatic carbocycles. The second kappa shape index (κ2) is 8.82. The van der Waals surface area contributed by atoms with Crippen molar-refractivity contribution < 1.29 is 9.59 Å². The summed E-state index contributed by atoms with van der Waals surface area (Å²) in [5, 5.41) is 2.78. The van der Waals surface area contributed by atoms with E-state index in [1.54, 1.807) is 24.3 Å². The number of carbonyl (C=O) groups excluding carboxylic acids is 2. The van der Waals surface area contributed by atoms with E-state index in [9.17, 15) is 9.59 Å². The molecule has 5 nitrogen and oxygen atoms in total. The molecule has 0 saturated carbocycles. The summed E-state index contributed by atoms with van der Waals surface area (Å²) in [6, 6.07) is 12.4. The zero-order chi connectivity index (χ0) is 17.4. The predicted molar refractivity (Wildman–Crippen MR) is 95.1 cm³/mol. The molecule has 0 aliphatic rings. The molecule has 126 valence electrons. The molecule has 0 spiro atoms. The Kier molecular flexibility index (Phi) is 6.49. The fourth-order valence-corrected chi connectivity index (χ4v) is 2.44. The van der Waals surface area contributed by atoms with E-state index in [2.05, 4.69) is 10.3 Å². The van der Waals surface area contributed by atoms with Crippen LogP contribution in [0.3, 0.4) is 0 Å². The standard InChI is InChI=1S/C19H23N3O2/c1-3-12-22(13-4-2)19(24)15-10-11-20-17(14-15)18(23)21-16-8-6-5-7-9-16/h5-11,14H,3-4,12-13H2,1-2H3,(H,21,23). The number of pyridine rings is 1. The van der Waals surface area contributed by atoms with Crippen molar-refractivity contribution in [2.24, 2.45) is 0 Å². The second-order valence-electron chi connectivity index (χ2n) is 5.54. The first kappa shape index (κ1) is 17.7. The Labute approximate surface area is 142 Å². The van der Waals surface area contributed by atoms with Crippen LogP contribution in [0.1, 0.15) is 47.5 Å². The normalized spacial score (nSPS) is 10.2. The van der Waals surface area contributed by atoms with Crippen LogP contribution < -0.4 is 5.32 Å². The van der Waals surface area contributed by atoms with Crippen LogP contribution in [0.2, 0.25) is 0 Å². The van der Waals surface area contributed by atoms with E-state index in [0.29, 0.717) is 24.3 Å². The molecule has 24 heavy (non-hydrogen) atoms. The number of rotatable bonds is 7. The van der Waals surface area contributed by atoms with Gasteiger partial charge in [-0.05, 0) is 37.1 Å². The first-order valence-corrected chi connectivity index (χ1v) is 8.27. The highest BCUT2D eigenvalue weighted by Crippen LogP contribution is 2.11. The lowest BCUT2D eigenvalue weighted by Crippen LogP contribution is -2.32. The van der Waals surface area contributed by atoms with Crippen molar-refractivity contribution in [1.29, 1.82) is 0 Å². The van der Waals surface area contributed by atoms with Crippen molar-refractivity contribution in [3.05, 3.63) is 59.9 Å². The Morgan fingerprint density at radius 1 is 1.04 bits per heavy atom. The largest absolute Gasteiger partial charge is 0.339 e. The molecular weight excluding hydrogens is 302 g/mol. The number of hydrogen-bond donors (Lipinski definition) is 1. The van der Waals surface area contributed by atoms with Crippen LogP contribution in [0.5, 0.6) is 0 Å². The van der Waals surface area contributed by atoms with Crippen LogP contribution in [0, 0.1) is 0 Å². The van der Waals surface area contributed by atoms with E-state index in [1.165, 1.54) is 6.20 Å². The van der Waals surface area contributed by atoms with Crippen molar-refractivity contribution in [1.82, 2.24) is 9.88 Å². The average molecular weight is 325 g/mol. The van der Waals surface area contributed by atoms with Gasteiger partial charge in [-0.25, -0.2) is 0 Å². The molecule has 0 saturated heterocycles. The molecule has 1 aromatic heterocycles. The van der Waals surface area contributed by atoms with E-state index in [1.807, 2.05) is 36.9 Å². The zero-order valence-electron chi connectivity index (χ0n) is 14.2. The summed E-state index contributed by atoms with van der Waals surface area (Å²) in [7, 11) is 0. The molecule has 0 radical (unpaired) electrons. The van der Waals surface area contributed by atoms with Crippen LogP contribution >= 0.6 is 0 Å². The molecule has 1 heterocycles. The minimum atomic E-state index is -0.326. The maximum atomic E-state index is 12.6. The van der Waals surface area contributed by atoms with Gasteiger partial charge in [0.2, 0.25) is 0 Å². The highest BCUT2D eigenvalue weighted by molar-refractivity contribution is 6.04. The summed E-state index contributed by atoms with van der Waals surface area (Å²) in [4.78, 5) is 30.8. The molecule has 1 N–H and O–H groups in total. The lowest BCUT2D eigenvalue weighted by atomic mass is 10.1. The van der Waals surface area contributed by atoms with Crippen molar-refractivity contribution in [2.75, 3.05) is 18.4 Å². The van der Waals surface area contributed by atoms with E-state index in [4.69, 9.17) is 0 Å². The summed E-state index contributed by atoms with van der Waals surface area (Å²) in [6.45, 7) is 5.50. The molecule has 0 fully saturated rings. The number of para-hydroxylation sites is 1. The molecule has 1 aromatic carbocycles. The third-order valence-corrected chi connectivity index (χ3v) is 3.55. The zero-order valence-corrected chi connectivity index (χ0v) is 14.2. The molecule has 2 aromatic rings. The first-order valence-electron chi connectivity index (χ1n) is 8.27. The topological polar surface area (TPSA) is 62.3 Å². The molecule has 0 bridgehead atoms. The summed E-state index contributed by atoms with van der Waals surface area (Å²) in [5.41, 5.74) is 1.42. The predicted octanol–water partition coefficient (Wildman–Crippen LogP) is 3.60. The average Bonchev–Trinajstić information content (AvgIpc) is 2.62. The van der Waals surface area contributed by atoms with Gasteiger partial charge in [0.05, 0.1) is 0 Å². The molecule has 2 amide bonds. The van der Waals surface area contributed by atoms with Crippen LogP contribution in [0.25, 0.3) is 0 Å². The number of carbonyl (C=O) groups is 2. The number of amides is 2. The first-order chi connectivity index (χ1) is 11.7. The number of nitrogens with one attached hydrogen (secondary N) is 1. The van der Waals surface area contributed by atoms with Crippen molar-refractivity contribution in [3.8, 4) is 0 Å². The van der Waals surface area contributed by atoms with Gasteiger partial charge in [0.25, 0.3) is 11.8 Å². The number of anilines is 1. The van der Waals surface area contributed by atoms with Gasteiger partial charge in [0, 0.05) is 30.5 Å². The third kappa shape index (κ3) is 4.65. The summed E-state index contributed by atoms with van der Waals surface area (Å²) < 4.78 is 0. The van der Waals surface area contributed by atoms with Gasteiger partial charge in [0.15, 0.2) is 0 Å². The molecule has 5 heteroatoms. The quantitative estimate of drug-likeness (QED) is 0.846. The van der Waals surface area contributed by atoms with Gasteiger partial charge in [-0.15, -0.1) is 0 Å². The molecule has 2 rings (SSSR count). The Balaban J connectivity index is 2.15. The summed E-state index contributed by atoms with van der Waals surface area (Å²) in [6.07, 6.45) is 3.31. The Morgan fingerprint density at radius 3 is 2.33 bits per heavy atom. The van der Waals surface area contributed by atoms with Crippen LogP contribution in [-0.2, 0) is 0 Å². The Bertz CT molecular complexity index is 680. The van der Waals surface area contributed by atoms with E-state index in [0.717, 1.165) is 12.8 Å².